The van der Waals surface area contributed by atoms with Crippen molar-refractivity contribution in [3.8, 4) is 11.5 Å². The Bertz CT molecular complexity index is 964. The molecule has 4 rings (SSSR count). The van der Waals surface area contributed by atoms with Gasteiger partial charge in [-0.05, 0) is 17.7 Å². The molecule has 0 radical (unpaired) electrons. The Balaban J connectivity index is 1.52. The fraction of sp³-hybridized carbons (Fsp3) is 0.375. The number of hydrogen-bond donors (Lipinski definition) is 1. The Morgan fingerprint density at radius 2 is 2.12 bits per heavy atom. The Kier molecular flexibility index (Phi) is 3.68. The lowest BCUT2D eigenvalue weighted by Crippen LogP contribution is -2.26. The van der Waals surface area contributed by atoms with Gasteiger partial charge in [0.2, 0.25) is 6.79 Å². The number of carbonyl (C=O) groups excluding carboxylic acids is 1. The van der Waals surface area contributed by atoms with Crippen molar-refractivity contribution < 1.29 is 22.7 Å². The number of ether oxygens (including phenoxy) is 2. The van der Waals surface area contributed by atoms with Crippen molar-refractivity contribution in [3.05, 3.63) is 40.7 Å². The van der Waals surface area contributed by atoms with Gasteiger partial charge in [0.1, 0.15) is 0 Å². The number of nitrogens with one attached hydrogen (secondary N) is 1. The van der Waals surface area contributed by atoms with Crippen LogP contribution in [0.15, 0.2) is 18.2 Å². The molecular formula is C16H17N3O5S. The van der Waals surface area contributed by atoms with E-state index in [0.717, 1.165) is 11.3 Å². The van der Waals surface area contributed by atoms with E-state index >= 15 is 0 Å². The van der Waals surface area contributed by atoms with Gasteiger partial charge in [-0.15, -0.1) is 0 Å². The smallest absolute Gasteiger partial charge is 0.272 e. The van der Waals surface area contributed by atoms with E-state index in [2.05, 4.69) is 10.4 Å². The van der Waals surface area contributed by atoms with Crippen molar-refractivity contribution in [1.82, 2.24) is 15.1 Å². The summed E-state index contributed by atoms with van der Waals surface area (Å²) >= 11 is 0. The molecule has 9 heteroatoms. The summed E-state index contributed by atoms with van der Waals surface area (Å²) in [6.07, 6.45) is 0.386. The lowest BCUT2D eigenvalue weighted by atomic mass is 10.1. The van der Waals surface area contributed by atoms with E-state index < -0.39 is 9.84 Å². The van der Waals surface area contributed by atoms with Crippen molar-refractivity contribution in [1.29, 1.82) is 0 Å². The fourth-order valence-electron chi connectivity index (χ4n) is 3.11. The number of sulfone groups is 1. The molecule has 8 nitrogen and oxygen atoms in total. The molecule has 1 aromatic heterocycles. The minimum Gasteiger partial charge on any atom is -0.454 e. The number of hydrogen-bond acceptors (Lipinski definition) is 6. The molecule has 0 saturated heterocycles. The van der Waals surface area contributed by atoms with Crippen LogP contribution < -0.4 is 14.8 Å². The van der Waals surface area contributed by atoms with Gasteiger partial charge in [0.15, 0.2) is 27.0 Å². The van der Waals surface area contributed by atoms with Crippen LogP contribution in [0.3, 0.4) is 0 Å². The molecule has 0 atom stereocenters. The zero-order chi connectivity index (χ0) is 17.6. The number of fused-ring (bicyclic) bond motifs is 2. The van der Waals surface area contributed by atoms with Gasteiger partial charge in [-0.1, -0.05) is 6.07 Å². The summed E-state index contributed by atoms with van der Waals surface area (Å²) in [7, 11) is -1.45. The van der Waals surface area contributed by atoms with Crippen molar-refractivity contribution in [2.45, 2.75) is 18.7 Å². The number of carbonyl (C=O) groups is 1. The van der Waals surface area contributed by atoms with E-state index in [9.17, 15) is 13.2 Å². The number of nitrogens with zero attached hydrogens (tertiary/aromatic N) is 2. The Hall–Kier alpha value is -2.55. The Labute approximate surface area is 144 Å². The highest BCUT2D eigenvalue weighted by Crippen LogP contribution is 2.32. The van der Waals surface area contributed by atoms with Crippen molar-refractivity contribution >= 4 is 15.7 Å². The molecule has 1 N–H and O–H groups in total. The number of aryl methyl sites for hydroxylation is 1. The van der Waals surface area contributed by atoms with Crippen molar-refractivity contribution in [2.75, 3.05) is 12.5 Å². The quantitative estimate of drug-likeness (QED) is 0.855. The normalized spacial score (nSPS) is 17.2. The molecule has 0 bridgehead atoms. The number of amides is 1. The third kappa shape index (κ3) is 2.95. The molecule has 0 saturated carbocycles. The monoisotopic (exact) mass is 363 g/mol. The van der Waals surface area contributed by atoms with E-state index in [4.69, 9.17) is 9.47 Å². The summed E-state index contributed by atoms with van der Waals surface area (Å²) in [5.41, 5.74) is 2.36. The van der Waals surface area contributed by atoms with Crippen LogP contribution in [0.4, 0.5) is 0 Å². The second-order valence-corrected chi connectivity index (χ2v) is 8.29. The van der Waals surface area contributed by atoms with Gasteiger partial charge in [0.25, 0.3) is 5.91 Å². The number of rotatable bonds is 3. The number of aromatic nitrogens is 2. The van der Waals surface area contributed by atoms with Crippen LogP contribution in [0.1, 0.15) is 27.3 Å². The molecule has 2 aromatic rings. The predicted molar refractivity (Wildman–Crippen MR) is 88.1 cm³/mol. The highest BCUT2D eigenvalue weighted by Gasteiger charge is 2.30. The molecule has 25 heavy (non-hydrogen) atoms. The standard InChI is InChI=1S/C16H17N3O5S/c1-19-12-4-5-25(21,22)8-11(12)15(18-19)16(20)17-7-10-2-3-13-14(6-10)24-9-23-13/h2-3,6H,4-5,7-9H2,1H3,(H,17,20). The van der Waals surface area contributed by atoms with E-state index in [0.29, 0.717) is 23.5 Å². The maximum Gasteiger partial charge on any atom is 0.272 e. The molecule has 3 heterocycles. The zero-order valence-corrected chi connectivity index (χ0v) is 14.4. The first-order chi connectivity index (χ1) is 11.9. The third-order valence-corrected chi connectivity index (χ3v) is 5.95. The summed E-state index contributed by atoms with van der Waals surface area (Å²) in [6.45, 7) is 0.479. The van der Waals surface area contributed by atoms with Crippen LogP contribution in [-0.2, 0) is 35.6 Å². The average Bonchev–Trinajstić information content (AvgIpc) is 3.15. The van der Waals surface area contributed by atoms with Crippen LogP contribution >= 0.6 is 0 Å². The van der Waals surface area contributed by atoms with Crippen LogP contribution in [0, 0.1) is 0 Å². The molecule has 1 aromatic carbocycles. The average molecular weight is 363 g/mol. The largest absolute Gasteiger partial charge is 0.454 e. The predicted octanol–water partition coefficient (Wildman–Crippen LogP) is 0.550. The minimum atomic E-state index is -3.18. The van der Waals surface area contributed by atoms with Crippen LogP contribution in [0.2, 0.25) is 0 Å². The summed E-state index contributed by atoms with van der Waals surface area (Å²) in [5, 5.41) is 7.01. The summed E-state index contributed by atoms with van der Waals surface area (Å²) in [5.74, 6) is 0.902. The first kappa shape index (κ1) is 15.9. The lowest BCUT2D eigenvalue weighted by molar-refractivity contribution is 0.0944. The topological polar surface area (TPSA) is 99.5 Å². The molecule has 1 amide bonds. The minimum absolute atomic E-state index is 0.0950. The Morgan fingerprint density at radius 3 is 2.96 bits per heavy atom. The summed E-state index contributed by atoms with van der Waals surface area (Å²) in [6, 6.07) is 5.44. The van der Waals surface area contributed by atoms with Gasteiger partial charge in [0.05, 0.1) is 11.5 Å². The maximum absolute atomic E-state index is 12.5. The summed E-state index contributed by atoms with van der Waals surface area (Å²) in [4.78, 5) is 12.5. The SMILES string of the molecule is Cn1nc(C(=O)NCc2ccc3c(c2)OCO3)c2c1CCS(=O)(=O)C2. The van der Waals surface area contributed by atoms with E-state index in [1.54, 1.807) is 23.9 Å². The van der Waals surface area contributed by atoms with Crippen LogP contribution in [0.25, 0.3) is 0 Å². The first-order valence-electron chi connectivity index (χ1n) is 7.85. The third-order valence-electron chi connectivity index (χ3n) is 4.39. The van der Waals surface area contributed by atoms with Crippen molar-refractivity contribution in [2.24, 2.45) is 7.05 Å². The van der Waals surface area contributed by atoms with Gasteiger partial charge < -0.3 is 14.8 Å². The fourth-order valence-corrected chi connectivity index (χ4v) is 4.50. The van der Waals surface area contributed by atoms with Gasteiger partial charge in [0, 0.05) is 31.3 Å². The Morgan fingerprint density at radius 1 is 1.32 bits per heavy atom. The van der Waals surface area contributed by atoms with Crippen molar-refractivity contribution in [3.63, 3.8) is 0 Å². The van der Waals surface area contributed by atoms with Gasteiger partial charge >= 0.3 is 0 Å². The second kappa shape index (κ2) is 5.76. The van der Waals surface area contributed by atoms with Crippen LogP contribution in [-0.4, -0.2) is 36.7 Å². The molecular weight excluding hydrogens is 346 g/mol. The zero-order valence-electron chi connectivity index (χ0n) is 13.6. The van der Waals surface area contributed by atoms with E-state index in [1.807, 2.05) is 6.07 Å². The van der Waals surface area contributed by atoms with Crippen LogP contribution in [0.5, 0.6) is 11.5 Å². The molecule has 2 aliphatic heterocycles. The molecule has 132 valence electrons. The molecule has 2 aliphatic rings. The van der Waals surface area contributed by atoms with Gasteiger partial charge in [-0.25, -0.2) is 8.42 Å². The van der Waals surface area contributed by atoms with E-state index in [-0.39, 0.29) is 36.4 Å². The number of benzene rings is 1. The molecule has 0 unspecified atom stereocenters. The molecule has 0 spiro atoms. The highest BCUT2D eigenvalue weighted by molar-refractivity contribution is 7.90. The van der Waals surface area contributed by atoms with Gasteiger partial charge in [-0.3, -0.25) is 9.48 Å². The van der Waals surface area contributed by atoms with Gasteiger partial charge in [-0.2, -0.15) is 5.10 Å². The molecule has 0 fully saturated rings. The lowest BCUT2D eigenvalue weighted by Gasteiger charge is -2.13. The maximum atomic E-state index is 12.5. The second-order valence-electron chi connectivity index (χ2n) is 6.11. The molecule has 0 aliphatic carbocycles. The van der Waals surface area contributed by atoms with E-state index in [1.165, 1.54) is 0 Å². The highest BCUT2D eigenvalue weighted by atomic mass is 32.2. The summed E-state index contributed by atoms with van der Waals surface area (Å²) < 4.78 is 35.9. The first-order valence-corrected chi connectivity index (χ1v) is 9.67.